The molecule has 1 spiro atoms. The summed E-state index contributed by atoms with van der Waals surface area (Å²) in [6, 6.07) is 16.3. The molecule has 0 bridgehead atoms. The molecule has 2 aromatic carbocycles. The van der Waals surface area contributed by atoms with Crippen molar-refractivity contribution in [3.05, 3.63) is 87.0 Å². The van der Waals surface area contributed by atoms with Crippen LogP contribution >= 0.6 is 0 Å². The van der Waals surface area contributed by atoms with Gasteiger partial charge in [-0.05, 0) is 90.6 Å². The van der Waals surface area contributed by atoms with E-state index < -0.39 is 0 Å². The highest BCUT2D eigenvalue weighted by Gasteiger charge is 2.41. The van der Waals surface area contributed by atoms with Crippen molar-refractivity contribution in [2.24, 2.45) is 5.41 Å². The Bertz CT molecular complexity index is 1440. The molecule has 37 heavy (non-hydrogen) atoms. The topological polar surface area (TPSA) is 79.7 Å². The van der Waals surface area contributed by atoms with E-state index in [1.807, 2.05) is 22.9 Å². The molecule has 1 N–H and O–H groups in total. The number of tetrazole rings is 1. The quantitative estimate of drug-likeness (QED) is 0.405. The molecule has 0 amide bonds. The number of aromatic nitrogens is 5. The zero-order valence-electron chi connectivity index (χ0n) is 21.9. The third-order valence-electron chi connectivity index (χ3n) is 8.57. The number of nitrogens with one attached hydrogen (secondary N) is 1. The molecule has 0 unspecified atom stereocenters. The number of likely N-dealkylation sites (tertiary alicyclic amines) is 1. The van der Waals surface area contributed by atoms with Crippen LogP contribution in [0.4, 0.5) is 0 Å². The highest BCUT2D eigenvalue weighted by molar-refractivity contribution is 5.83. The normalized spacial score (nSPS) is 18.9. The Kier molecular flexibility index (Phi) is 6.41. The number of piperidine rings is 1. The third-order valence-corrected chi connectivity index (χ3v) is 8.57. The van der Waals surface area contributed by atoms with Crippen LogP contribution in [0.25, 0.3) is 10.9 Å². The molecule has 7 nitrogen and oxygen atoms in total. The fourth-order valence-electron chi connectivity index (χ4n) is 6.86. The molecule has 2 aromatic heterocycles. The third kappa shape index (κ3) is 4.73. The van der Waals surface area contributed by atoms with Crippen molar-refractivity contribution in [1.29, 1.82) is 0 Å². The second-order valence-corrected chi connectivity index (χ2v) is 11.3. The summed E-state index contributed by atoms with van der Waals surface area (Å²) in [5.41, 5.74) is 5.33. The van der Waals surface area contributed by atoms with E-state index in [0.717, 1.165) is 52.9 Å². The molecule has 2 aliphatic rings. The van der Waals surface area contributed by atoms with Gasteiger partial charge in [-0.25, -0.2) is 4.68 Å². The van der Waals surface area contributed by atoms with Gasteiger partial charge in [0.05, 0.1) is 12.1 Å². The van der Waals surface area contributed by atoms with E-state index in [1.54, 1.807) is 0 Å². The number of hydrogen-bond donors (Lipinski definition) is 1. The van der Waals surface area contributed by atoms with Crippen LogP contribution in [0.15, 0.2) is 53.3 Å². The SMILES string of the molecule is Cc1cc(C)c2[nH]c(=O)c([C@H](c3nnnn3Cc3ccccc3)N3CCCC4(CCCCC4)C3)cc2c1. The van der Waals surface area contributed by atoms with Gasteiger partial charge in [0.2, 0.25) is 0 Å². The molecule has 6 rings (SSSR count). The van der Waals surface area contributed by atoms with Crippen LogP contribution in [0, 0.1) is 19.3 Å². The molecule has 4 aromatic rings. The van der Waals surface area contributed by atoms with Crippen LogP contribution in [-0.2, 0) is 6.54 Å². The van der Waals surface area contributed by atoms with Gasteiger partial charge >= 0.3 is 0 Å². The van der Waals surface area contributed by atoms with E-state index in [0.29, 0.717) is 12.0 Å². The van der Waals surface area contributed by atoms with Crippen molar-refractivity contribution in [3.63, 3.8) is 0 Å². The first-order valence-electron chi connectivity index (χ1n) is 13.7. The Morgan fingerprint density at radius 3 is 2.59 bits per heavy atom. The Morgan fingerprint density at radius 1 is 1.00 bits per heavy atom. The Labute approximate surface area is 217 Å². The molecular weight excluding hydrogens is 460 g/mol. The second-order valence-electron chi connectivity index (χ2n) is 11.3. The maximum atomic E-state index is 13.7. The van der Waals surface area contributed by atoms with Gasteiger partial charge in [0.15, 0.2) is 5.82 Å². The molecule has 3 heterocycles. The van der Waals surface area contributed by atoms with E-state index in [4.69, 9.17) is 0 Å². The van der Waals surface area contributed by atoms with Crippen molar-refractivity contribution in [3.8, 4) is 0 Å². The van der Waals surface area contributed by atoms with Crippen molar-refractivity contribution in [2.45, 2.75) is 71.4 Å². The zero-order valence-corrected chi connectivity index (χ0v) is 21.9. The van der Waals surface area contributed by atoms with Gasteiger partial charge in [0.25, 0.3) is 5.56 Å². The lowest BCUT2D eigenvalue weighted by molar-refractivity contribution is 0.0340. The summed E-state index contributed by atoms with van der Waals surface area (Å²) >= 11 is 0. The summed E-state index contributed by atoms with van der Waals surface area (Å²) in [7, 11) is 0. The molecule has 1 aliphatic carbocycles. The van der Waals surface area contributed by atoms with Gasteiger partial charge < -0.3 is 4.98 Å². The standard InChI is InChI=1S/C30H36N6O/c1-21-16-22(2)26-24(17-21)18-25(29(37)31-26)27(35-15-9-14-30(20-35)12-7-4-8-13-30)28-32-33-34-36(28)19-23-10-5-3-6-11-23/h3,5-6,10-11,16-18,27H,4,7-9,12-15,19-20H2,1-2H3,(H,31,37)/t27-/m1/s1. The van der Waals surface area contributed by atoms with Gasteiger partial charge in [-0.1, -0.05) is 61.2 Å². The first-order chi connectivity index (χ1) is 18.0. The van der Waals surface area contributed by atoms with E-state index in [2.05, 4.69) is 69.6 Å². The van der Waals surface area contributed by atoms with Crippen molar-refractivity contribution >= 4 is 10.9 Å². The first kappa shape index (κ1) is 24.0. The lowest BCUT2D eigenvalue weighted by atomic mass is 9.69. The van der Waals surface area contributed by atoms with Crippen LogP contribution in [0.2, 0.25) is 0 Å². The average Bonchev–Trinajstić information content (AvgIpc) is 3.34. The number of H-pyrrole nitrogens is 1. The van der Waals surface area contributed by atoms with Crippen molar-refractivity contribution in [2.75, 3.05) is 13.1 Å². The molecule has 1 saturated heterocycles. The molecular formula is C30H36N6O. The molecule has 192 valence electrons. The number of pyridine rings is 1. The first-order valence-corrected chi connectivity index (χ1v) is 13.7. The van der Waals surface area contributed by atoms with E-state index >= 15 is 0 Å². The Morgan fingerprint density at radius 2 is 1.78 bits per heavy atom. The number of aromatic amines is 1. The minimum Gasteiger partial charge on any atom is -0.321 e. The average molecular weight is 497 g/mol. The monoisotopic (exact) mass is 496 g/mol. The Balaban J connectivity index is 1.47. The van der Waals surface area contributed by atoms with Gasteiger partial charge in [-0.2, -0.15) is 0 Å². The summed E-state index contributed by atoms with van der Waals surface area (Å²) in [5, 5.41) is 14.1. The van der Waals surface area contributed by atoms with Gasteiger partial charge in [-0.3, -0.25) is 9.69 Å². The van der Waals surface area contributed by atoms with E-state index in [-0.39, 0.29) is 11.6 Å². The number of benzene rings is 2. The Hall–Kier alpha value is -3.32. The van der Waals surface area contributed by atoms with Crippen LogP contribution in [0.5, 0.6) is 0 Å². The largest absolute Gasteiger partial charge is 0.321 e. The van der Waals surface area contributed by atoms with Crippen molar-refractivity contribution < 1.29 is 0 Å². The second kappa shape index (κ2) is 9.86. The fourth-order valence-corrected chi connectivity index (χ4v) is 6.86. The maximum Gasteiger partial charge on any atom is 0.253 e. The summed E-state index contributed by atoms with van der Waals surface area (Å²) in [6.07, 6.45) is 8.91. The fraction of sp³-hybridized carbons (Fsp3) is 0.467. The van der Waals surface area contributed by atoms with Crippen LogP contribution in [0.1, 0.15) is 79.1 Å². The summed E-state index contributed by atoms with van der Waals surface area (Å²) in [4.78, 5) is 19.4. The molecule has 1 saturated carbocycles. The number of rotatable bonds is 5. The van der Waals surface area contributed by atoms with Crippen LogP contribution < -0.4 is 5.56 Å². The predicted molar refractivity (Wildman–Crippen MR) is 146 cm³/mol. The van der Waals surface area contributed by atoms with Gasteiger partial charge in [-0.15, -0.1) is 5.10 Å². The van der Waals surface area contributed by atoms with E-state index in [1.165, 1.54) is 44.1 Å². The predicted octanol–water partition coefficient (Wildman–Crippen LogP) is 5.32. The van der Waals surface area contributed by atoms with Gasteiger partial charge in [0.1, 0.15) is 6.04 Å². The number of fused-ring (bicyclic) bond motifs is 1. The van der Waals surface area contributed by atoms with Crippen LogP contribution in [0.3, 0.4) is 0 Å². The summed E-state index contributed by atoms with van der Waals surface area (Å²) in [6.45, 7) is 6.66. The van der Waals surface area contributed by atoms with Crippen molar-refractivity contribution in [1.82, 2.24) is 30.1 Å². The molecule has 1 aliphatic heterocycles. The van der Waals surface area contributed by atoms with Gasteiger partial charge in [0, 0.05) is 12.1 Å². The van der Waals surface area contributed by atoms with Crippen LogP contribution in [-0.4, -0.2) is 43.2 Å². The molecule has 1 atom stereocenters. The number of aryl methyl sites for hydroxylation is 2. The summed E-state index contributed by atoms with van der Waals surface area (Å²) < 4.78 is 1.88. The minimum absolute atomic E-state index is 0.0537. The lowest BCUT2D eigenvalue weighted by Crippen LogP contribution is -2.47. The maximum absolute atomic E-state index is 13.7. The lowest BCUT2D eigenvalue weighted by Gasteiger charge is -2.47. The molecule has 0 radical (unpaired) electrons. The zero-order chi connectivity index (χ0) is 25.4. The number of nitrogens with zero attached hydrogens (tertiary/aromatic N) is 5. The molecule has 2 fully saturated rings. The van der Waals surface area contributed by atoms with E-state index in [9.17, 15) is 4.79 Å². The number of hydrogen-bond acceptors (Lipinski definition) is 5. The summed E-state index contributed by atoms with van der Waals surface area (Å²) in [5.74, 6) is 0.742. The smallest absolute Gasteiger partial charge is 0.253 e. The molecule has 7 heteroatoms. The highest BCUT2D eigenvalue weighted by Crippen LogP contribution is 2.45. The highest BCUT2D eigenvalue weighted by atomic mass is 16.1. The minimum atomic E-state index is -0.299.